The highest BCUT2D eigenvalue weighted by molar-refractivity contribution is 5.79. The highest BCUT2D eigenvalue weighted by Crippen LogP contribution is 2.27. The molecule has 164 valence electrons. The van der Waals surface area contributed by atoms with Crippen LogP contribution in [0.25, 0.3) is 0 Å². The molecule has 0 bridgehead atoms. The predicted molar refractivity (Wildman–Crippen MR) is 124 cm³/mol. The molecule has 0 amide bonds. The molecule has 0 saturated carbocycles. The number of aryl methyl sites for hydroxylation is 1. The quantitative estimate of drug-likeness (QED) is 0.299. The summed E-state index contributed by atoms with van der Waals surface area (Å²) in [4.78, 5) is 4.34. The van der Waals surface area contributed by atoms with E-state index in [0.717, 1.165) is 43.4 Å². The number of aromatic nitrogens is 2. The second-order valence-electron chi connectivity index (χ2n) is 7.12. The second kappa shape index (κ2) is 11.6. The van der Waals surface area contributed by atoms with Crippen molar-refractivity contribution in [1.29, 1.82) is 0 Å². The number of nitrogens with one attached hydrogen (secondary N) is 2. The summed E-state index contributed by atoms with van der Waals surface area (Å²) in [6.45, 7) is 2.28. The number of methoxy groups -OCH3 is 2. The van der Waals surface area contributed by atoms with Gasteiger partial charge in [0.05, 0.1) is 20.8 Å². The summed E-state index contributed by atoms with van der Waals surface area (Å²) in [6.07, 6.45) is 5.70. The van der Waals surface area contributed by atoms with E-state index in [1.54, 1.807) is 27.5 Å². The van der Waals surface area contributed by atoms with E-state index in [0.29, 0.717) is 6.54 Å². The lowest BCUT2D eigenvalue weighted by Crippen LogP contribution is -2.37. The molecule has 0 aliphatic carbocycles. The number of benzene rings is 2. The fourth-order valence-electron chi connectivity index (χ4n) is 3.39. The molecule has 3 rings (SSSR count). The van der Waals surface area contributed by atoms with Gasteiger partial charge < -0.3 is 20.1 Å². The molecule has 2 N–H and O–H groups in total. The number of ether oxygens (including phenoxy) is 2. The van der Waals surface area contributed by atoms with Crippen LogP contribution < -0.4 is 20.1 Å². The molecule has 0 aliphatic heterocycles. The number of hydrogen-bond donors (Lipinski definition) is 2. The zero-order valence-corrected chi connectivity index (χ0v) is 18.5. The smallest absolute Gasteiger partial charge is 0.191 e. The van der Waals surface area contributed by atoms with Gasteiger partial charge in [-0.05, 0) is 47.7 Å². The Kier molecular flexibility index (Phi) is 8.34. The van der Waals surface area contributed by atoms with Gasteiger partial charge in [0.2, 0.25) is 0 Å². The number of rotatable bonds is 10. The molecular weight excluding hydrogens is 390 g/mol. The van der Waals surface area contributed by atoms with Crippen LogP contribution in [0.5, 0.6) is 11.5 Å². The van der Waals surface area contributed by atoms with Gasteiger partial charge in [0, 0.05) is 32.5 Å². The summed E-state index contributed by atoms with van der Waals surface area (Å²) in [7, 11) is 5.10. The molecular formula is C24H31N5O2. The van der Waals surface area contributed by atoms with Crippen LogP contribution in [0.1, 0.15) is 23.1 Å². The first kappa shape index (κ1) is 22.2. The fraction of sp³-hybridized carbons (Fsp3) is 0.333. The lowest BCUT2D eigenvalue weighted by Gasteiger charge is -2.15. The summed E-state index contributed by atoms with van der Waals surface area (Å²) in [6, 6.07) is 16.4. The van der Waals surface area contributed by atoms with Gasteiger partial charge in [0.15, 0.2) is 17.5 Å². The summed E-state index contributed by atoms with van der Waals surface area (Å²) in [5.41, 5.74) is 3.68. The van der Waals surface area contributed by atoms with Crippen LogP contribution >= 0.6 is 0 Å². The van der Waals surface area contributed by atoms with Crippen molar-refractivity contribution in [3.8, 4) is 11.5 Å². The Balaban J connectivity index is 1.46. The minimum Gasteiger partial charge on any atom is -0.493 e. The molecule has 0 radical (unpaired) electrons. The molecule has 7 heteroatoms. The molecule has 1 aromatic heterocycles. The average molecular weight is 422 g/mol. The molecule has 0 aliphatic rings. The van der Waals surface area contributed by atoms with Crippen molar-refractivity contribution in [2.24, 2.45) is 4.99 Å². The predicted octanol–water partition coefficient (Wildman–Crippen LogP) is 3.25. The van der Waals surface area contributed by atoms with E-state index >= 15 is 0 Å². The fourth-order valence-corrected chi connectivity index (χ4v) is 3.39. The Morgan fingerprint density at radius 3 is 2.52 bits per heavy atom. The van der Waals surface area contributed by atoms with Crippen molar-refractivity contribution >= 4 is 5.96 Å². The Morgan fingerprint density at radius 2 is 1.81 bits per heavy atom. The summed E-state index contributed by atoms with van der Waals surface area (Å²) in [5, 5.41) is 11.1. The first-order chi connectivity index (χ1) is 15.2. The van der Waals surface area contributed by atoms with Gasteiger partial charge in [-0.1, -0.05) is 30.3 Å². The highest BCUT2D eigenvalue weighted by atomic mass is 16.5. The number of hydrogen-bond acceptors (Lipinski definition) is 4. The van der Waals surface area contributed by atoms with E-state index in [1.807, 2.05) is 29.1 Å². The van der Waals surface area contributed by atoms with Crippen molar-refractivity contribution in [3.63, 3.8) is 0 Å². The zero-order chi connectivity index (χ0) is 21.9. The van der Waals surface area contributed by atoms with Gasteiger partial charge in [0.1, 0.15) is 0 Å². The van der Waals surface area contributed by atoms with Crippen LogP contribution in [0.4, 0.5) is 0 Å². The van der Waals surface area contributed by atoms with Crippen LogP contribution in [-0.4, -0.2) is 43.6 Å². The lowest BCUT2D eigenvalue weighted by molar-refractivity contribution is 0.354. The van der Waals surface area contributed by atoms with E-state index in [4.69, 9.17) is 9.47 Å². The normalized spacial score (nSPS) is 11.3. The second-order valence-corrected chi connectivity index (χ2v) is 7.12. The van der Waals surface area contributed by atoms with Crippen molar-refractivity contribution < 1.29 is 9.47 Å². The third-order valence-electron chi connectivity index (χ3n) is 5.06. The molecule has 0 saturated heterocycles. The molecule has 1 heterocycles. The van der Waals surface area contributed by atoms with Gasteiger partial charge in [0.25, 0.3) is 0 Å². The number of guanidine groups is 1. The standard InChI is InChI=1S/C24H31N5O2/c1-25-24(26-13-6-8-19-11-12-22(30-2)23(16-19)31-3)27-17-20-9-4-5-10-21(20)18-29-15-7-14-28-29/h4-5,7,9-12,14-16H,6,8,13,17-18H2,1-3H3,(H2,25,26,27). The molecule has 0 atom stereocenters. The number of aliphatic imine (C=N–C) groups is 1. The van der Waals surface area contributed by atoms with Crippen molar-refractivity contribution in [1.82, 2.24) is 20.4 Å². The highest BCUT2D eigenvalue weighted by Gasteiger charge is 2.06. The van der Waals surface area contributed by atoms with Gasteiger partial charge in [-0.2, -0.15) is 5.10 Å². The lowest BCUT2D eigenvalue weighted by atomic mass is 10.1. The largest absolute Gasteiger partial charge is 0.493 e. The molecule has 31 heavy (non-hydrogen) atoms. The minimum atomic E-state index is 0.701. The summed E-state index contributed by atoms with van der Waals surface area (Å²) < 4.78 is 12.6. The van der Waals surface area contributed by atoms with Crippen molar-refractivity contribution in [3.05, 3.63) is 77.6 Å². The third-order valence-corrected chi connectivity index (χ3v) is 5.06. The number of nitrogens with zero attached hydrogens (tertiary/aromatic N) is 3. The molecule has 2 aromatic carbocycles. The molecule has 0 fully saturated rings. The average Bonchev–Trinajstić information content (AvgIpc) is 3.32. The minimum absolute atomic E-state index is 0.701. The van der Waals surface area contributed by atoms with E-state index in [-0.39, 0.29) is 0 Å². The van der Waals surface area contributed by atoms with Crippen LogP contribution in [0.15, 0.2) is 65.9 Å². The monoisotopic (exact) mass is 421 g/mol. The van der Waals surface area contributed by atoms with Gasteiger partial charge in [-0.3, -0.25) is 9.67 Å². The molecule has 0 unspecified atom stereocenters. The molecule has 7 nitrogen and oxygen atoms in total. The Hall–Kier alpha value is -3.48. The van der Waals surface area contributed by atoms with E-state index in [9.17, 15) is 0 Å². The van der Waals surface area contributed by atoms with Crippen LogP contribution in [0, 0.1) is 0 Å². The van der Waals surface area contributed by atoms with Gasteiger partial charge in [-0.15, -0.1) is 0 Å². The Bertz CT molecular complexity index is 970. The Labute approximate surface area is 184 Å². The van der Waals surface area contributed by atoms with Gasteiger partial charge >= 0.3 is 0 Å². The molecule has 3 aromatic rings. The SMILES string of the molecule is CN=C(NCCCc1ccc(OC)c(OC)c1)NCc1ccccc1Cn1cccn1. The van der Waals surface area contributed by atoms with E-state index in [1.165, 1.54) is 16.7 Å². The van der Waals surface area contributed by atoms with E-state index < -0.39 is 0 Å². The molecule has 0 spiro atoms. The third kappa shape index (κ3) is 6.50. The zero-order valence-electron chi connectivity index (χ0n) is 18.5. The van der Waals surface area contributed by atoms with E-state index in [2.05, 4.69) is 51.1 Å². The van der Waals surface area contributed by atoms with Crippen LogP contribution in [0.3, 0.4) is 0 Å². The van der Waals surface area contributed by atoms with Crippen LogP contribution in [-0.2, 0) is 19.5 Å². The van der Waals surface area contributed by atoms with Crippen LogP contribution in [0.2, 0.25) is 0 Å². The summed E-state index contributed by atoms with van der Waals surface area (Å²) >= 11 is 0. The van der Waals surface area contributed by atoms with Crippen molar-refractivity contribution in [2.75, 3.05) is 27.8 Å². The maximum atomic E-state index is 5.38. The first-order valence-corrected chi connectivity index (χ1v) is 10.4. The Morgan fingerprint density at radius 1 is 1.00 bits per heavy atom. The maximum absolute atomic E-state index is 5.38. The van der Waals surface area contributed by atoms with Gasteiger partial charge in [-0.25, -0.2) is 0 Å². The first-order valence-electron chi connectivity index (χ1n) is 10.4. The van der Waals surface area contributed by atoms with Crippen molar-refractivity contribution in [2.45, 2.75) is 25.9 Å². The summed E-state index contributed by atoms with van der Waals surface area (Å²) in [5.74, 6) is 2.31. The topological polar surface area (TPSA) is 72.7 Å². The maximum Gasteiger partial charge on any atom is 0.191 e.